The van der Waals surface area contributed by atoms with Crippen molar-refractivity contribution >= 4 is 95.3 Å². The largest absolute Gasteiger partial charge is 2.00 e. The quantitative estimate of drug-likeness (QED) is 0.0286. The first-order valence-electron chi connectivity index (χ1n) is 38.2. The van der Waals surface area contributed by atoms with Gasteiger partial charge in [0.1, 0.15) is 0 Å². The minimum Gasteiger partial charge on any atom is -0.358 e. The summed E-state index contributed by atoms with van der Waals surface area (Å²) in [5.74, 6) is 2.12. The normalized spacial score (nSPS) is 9.90. The zero-order valence-corrected chi connectivity index (χ0v) is 78.0. The van der Waals surface area contributed by atoms with Crippen LogP contribution in [0.1, 0.15) is 66.8 Å². The van der Waals surface area contributed by atoms with Gasteiger partial charge >= 0.3 is 42.1 Å². The van der Waals surface area contributed by atoms with E-state index in [1.54, 1.807) is 0 Å². The Morgan fingerprint density at radius 3 is 0.363 bits per heavy atom. The Labute approximate surface area is 758 Å². The maximum Gasteiger partial charge on any atom is 2.00 e. The van der Waals surface area contributed by atoms with Crippen LogP contribution in [0.5, 0.6) is 0 Å². The van der Waals surface area contributed by atoms with Gasteiger partial charge in [0, 0.05) is 0 Å². The van der Waals surface area contributed by atoms with Gasteiger partial charge in [-0.15, -0.1) is 24.0 Å². The second-order valence-corrected chi connectivity index (χ2v) is 36.9. The van der Waals surface area contributed by atoms with Gasteiger partial charge < -0.3 is 12.8 Å². The van der Waals surface area contributed by atoms with Gasteiger partial charge in [0.2, 0.25) is 0 Å². The molecule has 0 radical (unpaired) electrons. The molecule has 14 aromatic rings. The summed E-state index contributed by atoms with van der Waals surface area (Å²) < 4.78 is 120. The summed E-state index contributed by atoms with van der Waals surface area (Å²) in [6.45, 7) is 25.7. The van der Waals surface area contributed by atoms with Crippen molar-refractivity contribution in [1.29, 1.82) is 0 Å². The Bertz CT molecular complexity index is 4990. The monoisotopic (exact) mass is 2080 g/mol. The summed E-state index contributed by atoms with van der Waals surface area (Å²) in [4.78, 5) is 0. The van der Waals surface area contributed by atoms with E-state index in [2.05, 4.69) is 422 Å². The Morgan fingerprint density at radius 2 is 0.266 bits per heavy atom. The standard InChI is InChI=1S/4C21H21P.C12.2C6F5.2Pt/c4*1-16-4-10-19(11-5-16)22(20-12-6-17(2)7-13-20)21-14-8-18(3)9-15-21;1-3-5-7-9-11-12-10-8-6-4-2;2*7-2-1-3(8)5(10)6(11)4(2)9;;/h4*4-15H,1-3H3;;;;;/q;;;;-2;2*-1;2*+2. The zero-order chi connectivity index (χ0) is 88.4. The fourth-order valence-electron chi connectivity index (χ4n) is 11.4. The van der Waals surface area contributed by atoms with Crippen LogP contribution in [0, 0.1) is 225 Å². The molecule has 0 N–H and O–H groups in total. The molecular formula is C108H84F10P4Pt2. The average molecular weight is 2090 g/mol. The van der Waals surface area contributed by atoms with Gasteiger partial charge in [-0.25, -0.2) is 38.2 Å². The smallest absolute Gasteiger partial charge is 0.358 e. The van der Waals surface area contributed by atoms with Crippen LogP contribution in [0.25, 0.3) is 0 Å². The minimum atomic E-state index is -2.17. The third kappa shape index (κ3) is 31.6. The van der Waals surface area contributed by atoms with Crippen LogP contribution >= 0.6 is 31.7 Å². The molecule has 0 aliphatic heterocycles. The van der Waals surface area contributed by atoms with Gasteiger partial charge in [-0.1, -0.05) is 358 Å². The van der Waals surface area contributed by atoms with E-state index in [0.717, 1.165) is 12.1 Å². The van der Waals surface area contributed by atoms with Crippen molar-refractivity contribution in [2.75, 3.05) is 0 Å². The fraction of sp³-hybridized carbons (Fsp3) is 0.111. The molecular weight excluding hydrogens is 2000 g/mol. The van der Waals surface area contributed by atoms with Crippen molar-refractivity contribution < 1.29 is 86.0 Å². The van der Waals surface area contributed by atoms with Crippen molar-refractivity contribution in [1.82, 2.24) is 0 Å². The molecule has 0 nitrogen and oxygen atoms in total. The molecule has 14 aromatic carbocycles. The molecule has 0 fully saturated rings. The second kappa shape index (κ2) is 51.8. The van der Waals surface area contributed by atoms with Crippen molar-refractivity contribution in [3.8, 4) is 59.2 Å². The Kier molecular flexibility index (Phi) is 42.5. The Morgan fingerprint density at radius 1 is 0.169 bits per heavy atom. The first-order chi connectivity index (χ1) is 58.5. The molecule has 124 heavy (non-hydrogen) atoms. The molecule has 0 saturated carbocycles. The summed E-state index contributed by atoms with van der Waals surface area (Å²) in [5.41, 5.74) is 15.7. The average Bonchev–Trinajstić information content (AvgIpc) is 0.821. The topological polar surface area (TPSA) is 0 Å². The van der Waals surface area contributed by atoms with Crippen LogP contribution in [0.15, 0.2) is 291 Å². The number of rotatable bonds is 12. The van der Waals surface area contributed by atoms with Crippen molar-refractivity contribution in [2.24, 2.45) is 0 Å². The summed E-state index contributed by atoms with van der Waals surface area (Å²) in [6, 6.07) is 110. The minimum absolute atomic E-state index is 0. The van der Waals surface area contributed by atoms with E-state index in [0.29, 0.717) is 0 Å². The predicted molar refractivity (Wildman–Crippen MR) is 493 cm³/mol. The van der Waals surface area contributed by atoms with Gasteiger partial charge in [-0.05, 0) is 202 Å². The number of aryl methyl sites for hydroxylation is 12. The van der Waals surface area contributed by atoms with E-state index in [1.165, 1.54) is 130 Å². The second-order valence-electron chi connectivity index (χ2n) is 28.0. The van der Waals surface area contributed by atoms with Gasteiger partial charge in [-0.2, -0.15) is 0 Å². The van der Waals surface area contributed by atoms with Gasteiger partial charge in [-0.3, -0.25) is 29.4 Å². The van der Waals surface area contributed by atoms with Gasteiger partial charge in [0.05, 0.1) is 58.2 Å². The van der Waals surface area contributed by atoms with E-state index in [1.807, 2.05) is 11.8 Å². The first-order valence-corrected chi connectivity index (χ1v) is 43.5. The van der Waals surface area contributed by atoms with Crippen LogP contribution in [-0.4, -0.2) is 0 Å². The van der Waals surface area contributed by atoms with E-state index < -0.39 is 89.9 Å². The molecule has 0 spiro atoms. The summed E-state index contributed by atoms with van der Waals surface area (Å²) >= 11 is 0. The zero-order valence-electron chi connectivity index (χ0n) is 69.9. The summed E-state index contributed by atoms with van der Waals surface area (Å²) in [7, 11) is -1.93. The maximum absolute atomic E-state index is 12.0. The molecule has 14 rings (SSSR count). The third-order valence-corrected chi connectivity index (χ3v) is 27.8. The molecule has 0 aliphatic rings. The molecule has 0 saturated heterocycles. The SMILES string of the molecule is Cc1ccc(P(c2ccc(C)cc2)c2ccc(C)cc2)cc1.Cc1ccc(P(c2ccc(C)cc2)c2ccc(C)cc2)cc1.Cc1ccc(P(c2ccc(C)cc2)c2ccc(C)cc2)cc1.Cc1ccc(P(c2ccc(C)cc2)c2ccc(C)cc2)cc1.Fc1[c-]c(F)c(F)c(F)c1F.Fc1[c-]c(F)c(F)c(F)c1F.[C-]#CC#CC#CC#CC#CC#[C-].[Pt+2].[Pt+2]. The van der Waals surface area contributed by atoms with E-state index >= 15 is 0 Å². The Balaban J connectivity index is 0.000000227. The molecule has 0 heterocycles. The molecule has 16 heteroatoms. The number of hydrogen-bond acceptors (Lipinski definition) is 0. The van der Waals surface area contributed by atoms with Crippen molar-refractivity contribution in [3.05, 3.63) is 441 Å². The van der Waals surface area contributed by atoms with Crippen LogP contribution in [0.2, 0.25) is 0 Å². The fourth-order valence-corrected chi connectivity index (χ4v) is 20.3. The van der Waals surface area contributed by atoms with Crippen molar-refractivity contribution in [3.63, 3.8) is 0 Å². The van der Waals surface area contributed by atoms with Crippen LogP contribution in [0.3, 0.4) is 0 Å². The summed E-state index contributed by atoms with van der Waals surface area (Å²) in [5, 5.41) is 16.9. The van der Waals surface area contributed by atoms with Crippen molar-refractivity contribution in [2.45, 2.75) is 83.1 Å². The summed E-state index contributed by atoms with van der Waals surface area (Å²) in [6.07, 6.45) is 12.8. The van der Waals surface area contributed by atoms with E-state index in [-0.39, 0.29) is 42.1 Å². The van der Waals surface area contributed by atoms with E-state index in [4.69, 9.17) is 12.8 Å². The number of benzene rings is 14. The molecule has 0 unspecified atom stereocenters. The molecule has 0 aromatic heterocycles. The van der Waals surface area contributed by atoms with Crippen LogP contribution in [0.4, 0.5) is 43.9 Å². The third-order valence-electron chi connectivity index (χ3n) is 18.0. The molecule has 0 atom stereocenters. The molecule has 0 aliphatic carbocycles. The predicted octanol–water partition coefficient (Wildman–Crippen LogP) is 22.0. The molecule has 0 amide bonds. The number of hydrogen-bond donors (Lipinski definition) is 0. The first kappa shape index (κ1) is 102. The molecule has 626 valence electrons. The molecule has 0 bridgehead atoms. The van der Waals surface area contributed by atoms with Crippen LogP contribution < -0.4 is 63.7 Å². The number of halogens is 10. The maximum atomic E-state index is 12.0. The Hall–Kier alpha value is -11.2. The van der Waals surface area contributed by atoms with Gasteiger partial charge in [0.15, 0.2) is 0 Å². The van der Waals surface area contributed by atoms with E-state index in [9.17, 15) is 43.9 Å². The van der Waals surface area contributed by atoms with Crippen LogP contribution in [-0.2, 0) is 42.1 Å². The van der Waals surface area contributed by atoms with Gasteiger partial charge in [0.25, 0.3) is 0 Å².